The summed E-state index contributed by atoms with van der Waals surface area (Å²) >= 11 is 5.87. The van der Waals surface area contributed by atoms with Crippen LogP contribution in [-0.2, 0) is 6.54 Å². The quantitative estimate of drug-likeness (QED) is 0.917. The van der Waals surface area contributed by atoms with E-state index in [2.05, 4.69) is 49.4 Å². The number of aromatic nitrogens is 2. The largest absolute Gasteiger partial charge is 0.310 e. The van der Waals surface area contributed by atoms with Gasteiger partial charge in [-0.3, -0.25) is 0 Å². The first kappa shape index (κ1) is 13.1. The first-order chi connectivity index (χ1) is 8.56. The Labute approximate surface area is 113 Å². The molecule has 0 spiro atoms. The summed E-state index contributed by atoms with van der Waals surface area (Å²) in [4.78, 5) is 0. The first-order valence-electron chi connectivity index (χ1n) is 6.09. The molecule has 0 saturated heterocycles. The molecule has 0 radical (unpaired) electrons. The van der Waals surface area contributed by atoms with Crippen molar-refractivity contribution in [3.8, 4) is 5.69 Å². The van der Waals surface area contributed by atoms with E-state index in [0.29, 0.717) is 11.1 Å². The monoisotopic (exact) mass is 263 g/mol. The molecular formula is C14H18ClN3. The standard InChI is InChI=1S/C14H18ClN3/c1-10(2)16-7-12-4-5-14(6-11(12)3)18-9-13(15)8-17-18/h4-6,8-10,16H,7H2,1-3H3. The Balaban J connectivity index is 2.19. The molecule has 0 saturated carbocycles. The number of hydrogen-bond acceptors (Lipinski definition) is 2. The van der Waals surface area contributed by atoms with Gasteiger partial charge in [0.1, 0.15) is 0 Å². The highest BCUT2D eigenvalue weighted by Gasteiger charge is 2.04. The van der Waals surface area contributed by atoms with Gasteiger partial charge in [0.25, 0.3) is 0 Å². The molecule has 2 rings (SSSR count). The second-order valence-electron chi connectivity index (χ2n) is 4.75. The van der Waals surface area contributed by atoms with Crippen LogP contribution in [0.1, 0.15) is 25.0 Å². The molecule has 0 aliphatic heterocycles. The van der Waals surface area contributed by atoms with E-state index in [-0.39, 0.29) is 0 Å². The molecule has 18 heavy (non-hydrogen) atoms. The van der Waals surface area contributed by atoms with E-state index in [1.165, 1.54) is 11.1 Å². The second-order valence-corrected chi connectivity index (χ2v) is 5.19. The smallest absolute Gasteiger partial charge is 0.0790 e. The molecule has 0 bridgehead atoms. The van der Waals surface area contributed by atoms with Crippen molar-refractivity contribution < 1.29 is 0 Å². The molecule has 0 atom stereocenters. The van der Waals surface area contributed by atoms with E-state index in [9.17, 15) is 0 Å². The molecule has 1 N–H and O–H groups in total. The minimum atomic E-state index is 0.494. The Bertz CT molecular complexity index is 532. The molecular weight excluding hydrogens is 246 g/mol. The lowest BCUT2D eigenvalue weighted by molar-refractivity contribution is 0.587. The maximum atomic E-state index is 5.87. The third kappa shape index (κ3) is 3.12. The minimum absolute atomic E-state index is 0.494. The number of aryl methyl sites for hydroxylation is 1. The second kappa shape index (κ2) is 5.55. The topological polar surface area (TPSA) is 29.9 Å². The van der Waals surface area contributed by atoms with Gasteiger partial charge in [0.05, 0.1) is 16.9 Å². The Morgan fingerprint density at radius 1 is 1.39 bits per heavy atom. The summed E-state index contributed by atoms with van der Waals surface area (Å²) < 4.78 is 1.79. The van der Waals surface area contributed by atoms with Crippen LogP contribution in [0.5, 0.6) is 0 Å². The highest BCUT2D eigenvalue weighted by atomic mass is 35.5. The molecule has 1 heterocycles. The van der Waals surface area contributed by atoms with Crippen LogP contribution in [0, 0.1) is 6.92 Å². The summed E-state index contributed by atoms with van der Waals surface area (Å²) in [5, 5.41) is 8.27. The van der Waals surface area contributed by atoms with Crippen LogP contribution in [0.4, 0.5) is 0 Å². The Kier molecular flexibility index (Phi) is 4.04. The van der Waals surface area contributed by atoms with Crippen LogP contribution in [0.25, 0.3) is 5.69 Å². The van der Waals surface area contributed by atoms with Gasteiger partial charge in [0, 0.05) is 18.8 Å². The van der Waals surface area contributed by atoms with Gasteiger partial charge in [-0.15, -0.1) is 0 Å². The maximum Gasteiger partial charge on any atom is 0.0790 e. The zero-order valence-electron chi connectivity index (χ0n) is 10.9. The number of halogens is 1. The van der Waals surface area contributed by atoms with E-state index in [1.54, 1.807) is 10.9 Å². The van der Waals surface area contributed by atoms with Gasteiger partial charge < -0.3 is 5.32 Å². The van der Waals surface area contributed by atoms with E-state index in [1.807, 2.05) is 6.20 Å². The third-order valence-electron chi connectivity index (χ3n) is 2.84. The van der Waals surface area contributed by atoms with Crippen molar-refractivity contribution >= 4 is 11.6 Å². The van der Waals surface area contributed by atoms with E-state index >= 15 is 0 Å². The van der Waals surface area contributed by atoms with Crippen molar-refractivity contribution in [1.82, 2.24) is 15.1 Å². The molecule has 2 aromatic rings. The number of rotatable bonds is 4. The maximum absolute atomic E-state index is 5.87. The first-order valence-corrected chi connectivity index (χ1v) is 6.47. The summed E-state index contributed by atoms with van der Waals surface area (Å²) in [7, 11) is 0. The van der Waals surface area contributed by atoms with Gasteiger partial charge in [-0.25, -0.2) is 4.68 Å². The average molecular weight is 264 g/mol. The molecule has 0 aliphatic carbocycles. The van der Waals surface area contributed by atoms with Crippen molar-refractivity contribution in [2.75, 3.05) is 0 Å². The number of benzene rings is 1. The Morgan fingerprint density at radius 2 is 2.17 bits per heavy atom. The number of hydrogen-bond donors (Lipinski definition) is 1. The number of nitrogens with zero attached hydrogens (tertiary/aromatic N) is 2. The van der Waals surface area contributed by atoms with Crippen LogP contribution in [0.3, 0.4) is 0 Å². The lowest BCUT2D eigenvalue weighted by Gasteiger charge is -2.12. The van der Waals surface area contributed by atoms with Gasteiger partial charge in [-0.05, 0) is 30.2 Å². The van der Waals surface area contributed by atoms with Gasteiger partial charge in [-0.2, -0.15) is 5.10 Å². The lowest BCUT2D eigenvalue weighted by atomic mass is 10.1. The fourth-order valence-corrected chi connectivity index (χ4v) is 1.91. The molecule has 0 amide bonds. The summed E-state index contributed by atoms with van der Waals surface area (Å²) in [5.41, 5.74) is 3.60. The zero-order chi connectivity index (χ0) is 13.1. The predicted molar refractivity (Wildman–Crippen MR) is 75.3 cm³/mol. The SMILES string of the molecule is Cc1cc(-n2cc(Cl)cn2)ccc1CNC(C)C. The van der Waals surface area contributed by atoms with E-state index in [0.717, 1.165) is 12.2 Å². The molecule has 0 fully saturated rings. The molecule has 1 aromatic heterocycles. The normalized spacial score (nSPS) is 11.2. The zero-order valence-corrected chi connectivity index (χ0v) is 11.7. The van der Waals surface area contributed by atoms with E-state index in [4.69, 9.17) is 11.6 Å². The van der Waals surface area contributed by atoms with Crippen LogP contribution < -0.4 is 5.32 Å². The van der Waals surface area contributed by atoms with Crippen LogP contribution >= 0.6 is 11.6 Å². The summed E-state index contributed by atoms with van der Waals surface area (Å²) in [6.07, 6.45) is 3.45. The van der Waals surface area contributed by atoms with Crippen molar-refractivity contribution in [2.24, 2.45) is 0 Å². The van der Waals surface area contributed by atoms with Crippen molar-refractivity contribution in [1.29, 1.82) is 0 Å². The molecule has 96 valence electrons. The molecule has 0 unspecified atom stereocenters. The fourth-order valence-electron chi connectivity index (χ4n) is 1.78. The highest BCUT2D eigenvalue weighted by Crippen LogP contribution is 2.16. The summed E-state index contributed by atoms with van der Waals surface area (Å²) in [6, 6.07) is 6.82. The molecule has 4 heteroatoms. The van der Waals surface area contributed by atoms with Crippen LogP contribution in [0.15, 0.2) is 30.6 Å². The predicted octanol–water partition coefficient (Wildman–Crippen LogP) is 3.33. The van der Waals surface area contributed by atoms with Crippen molar-refractivity contribution in [2.45, 2.75) is 33.4 Å². The molecule has 1 aromatic carbocycles. The minimum Gasteiger partial charge on any atom is -0.310 e. The number of nitrogens with one attached hydrogen (secondary N) is 1. The van der Waals surface area contributed by atoms with Crippen molar-refractivity contribution in [3.05, 3.63) is 46.7 Å². The van der Waals surface area contributed by atoms with Crippen LogP contribution in [-0.4, -0.2) is 15.8 Å². The van der Waals surface area contributed by atoms with Crippen LogP contribution in [0.2, 0.25) is 5.02 Å². The van der Waals surface area contributed by atoms with Gasteiger partial charge in [-0.1, -0.05) is 31.5 Å². The molecule has 0 aliphatic rings. The summed E-state index contributed by atoms with van der Waals surface area (Å²) in [6.45, 7) is 7.31. The lowest BCUT2D eigenvalue weighted by Crippen LogP contribution is -2.22. The molecule has 3 nitrogen and oxygen atoms in total. The van der Waals surface area contributed by atoms with E-state index < -0.39 is 0 Å². The highest BCUT2D eigenvalue weighted by molar-refractivity contribution is 6.30. The summed E-state index contributed by atoms with van der Waals surface area (Å²) in [5.74, 6) is 0. The third-order valence-corrected chi connectivity index (χ3v) is 3.04. The van der Waals surface area contributed by atoms with Gasteiger partial charge in [0.2, 0.25) is 0 Å². The Hall–Kier alpha value is -1.32. The fraction of sp³-hybridized carbons (Fsp3) is 0.357. The average Bonchev–Trinajstić information content (AvgIpc) is 2.74. The van der Waals surface area contributed by atoms with Gasteiger partial charge >= 0.3 is 0 Å². The van der Waals surface area contributed by atoms with Crippen molar-refractivity contribution in [3.63, 3.8) is 0 Å². The van der Waals surface area contributed by atoms with Gasteiger partial charge in [0.15, 0.2) is 0 Å². The Morgan fingerprint density at radius 3 is 2.72 bits per heavy atom.